The number of carbonyl (C=O) groups is 1. The molecule has 0 fully saturated rings. The normalized spacial score (nSPS) is 11.3. The highest BCUT2D eigenvalue weighted by molar-refractivity contribution is 6.30. The molecule has 0 heterocycles. The summed E-state index contributed by atoms with van der Waals surface area (Å²) in [6, 6.07) is 7.26. The fraction of sp³-hybridized carbons (Fsp3) is 0.562. The van der Waals surface area contributed by atoms with Crippen LogP contribution in [0.3, 0.4) is 0 Å². The van der Waals surface area contributed by atoms with Crippen molar-refractivity contribution in [3.63, 3.8) is 0 Å². The van der Waals surface area contributed by atoms with Crippen LogP contribution < -0.4 is 5.32 Å². The Kier molecular flexibility index (Phi) is 6.99. The molecule has 1 rings (SSSR count). The van der Waals surface area contributed by atoms with E-state index in [1.54, 1.807) is 0 Å². The van der Waals surface area contributed by atoms with Crippen molar-refractivity contribution in [2.24, 2.45) is 0 Å². The van der Waals surface area contributed by atoms with Gasteiger partial charge in [-0.05, 0) is 44.9 Å². The van der Waals surface area contributed by atoms with Gasteiger partial charge < -0.3 is 5.32 Å². The van der Waals surface area contributed by atoms with Crippen molar-refractivity contribution in [2.75, 3.05) is 13.2 Å². The zero-order valence-electron chi connectivity index (χ0n) is 13.3. The molecule has 21 heavy (non-hydrogen) atoms. The Hall–Kier alpha value is -1.26. The molecule has 1 aromatic rings. The standard InChI is InChI=1S/C16H25ClN2O2/c1-5-7-11-21-19(6-2)15(20)18-16(3,4)13-9-8-10-14(17)12-13/h8-10,12H,5-7,11H2,1-4H3,(H,18,20). The van der Waals surface area contributed by atoms with Crippen LogP contribution in [-0.4, -0.2) is 24.2 Å². The Morgan fingerprint density at radius 1 is 1.38 bits per heavy atom. The Balaban J connectivity index is 2.70. The molecule has 0 spiro atoms. The molecule has 0 atom stereocenters. The largest absolute Gasteiger partial charge is 0.341 e. The molecule has 0 aliphatic heterocycles. The topological polar surface area (TPSA) is 41.6 Å². The predicted molar refractivity (Wildman–Crippen MR) is 86.2 cm³/mol. The molecule has 0 bridgehead atoms. The van der Waals surface area contributed by atoms with Crippen molar-refractivity contribution < 1.29 is 9.63 Å². The number of hydrogen-bond donors (Lipinski definition) is 1. The Bertz CT molecular complexity index is 463. The molecule has 0 saturated carbocycles. The number of unbranched alkanes of at least 4 members (excludes halogenated alkanes) is 1. The molecule has 0 aromatic heterocycles. The molecule has 2 amide bonds. The smallest absolute Gasteiger partial charge is 0.327 e. The average molecular weight is 313 g/mol. The molecule has 1 N–H and O–H groups in total. The molecule has 0 aliphatic rings. The summed E-state index contributed by atoms with van der Waals surface area (Å²) < 4.78 is 0. The van der Waals surface area contributed by atoms with E-state index >= 15 is 0 Å². The number of carbonyl (C=O) groups excluding carboxylic acids is 1. The third-order valence-electron chi connectivity index (χ3n) is 3.22. The average Bonchev–Trinajstić information content (AvgIpc) is 2.43. The van der Waals surface area contributed by atoms with Gasteiger partial charge >= 0.3 is 6.03 Å². The van der Waals surface area contributed by atoms with Gasteiger partial charge in [0.25, 0.3) is 0 Å². The van der Waals surface area contributed by atoms with Crippen molar-refractivity contribution >= 4 is 17.6 Å². The highest BCUT2D eigenvalue weighted by Crippen LogP contribution is 2.23. The van der Waals surface area contributed by atoms with Gasteiger partial charge in [0, 0.05) is 11.6 Å². The summed E-state index contributed by atoms with van der Waals surface area (Å²) in [7, 11) is 0. The molecule has 0 unspecified atom stereocenters. The van der Waals surface area contributed by atoms with Crippen LogP contribution in [-0.2, 0) is 10.4 Å². The van der Waals surface area contributed by atoms with Gasteiger partial charge in [-0.3, -0.25) is 4.84 Å². The van der Waals surface area contributed by atoms with E-state index in [1.165, 1.54) is 5.06 Å². The predicted octanol–water partition coefficient (Wildman–Crippen LogP) is 4.34. The highest BCUT2D eigenvalue weighted by atomic mass is 35.5. The summed E-state index contributed by atoms with van der Waals surface area (Å²) in [6.45, 7) is 8.91. The van der Waals surface area contributed by atoms with E-state index in [4.69, 9.17) is 16.4 Å². The number of halogens is 1. The summed E-state index contributed by atoms with van der Waals surface area (Å²) in [5, 5.41) is 5.00. The second-order valence-electron chi connectivity index (χ2n) is 5.45. The van der Waals surface area contributed by atoms with E-state index in [1.807, 2.05) is 45.0 Å². The fourth-order valence-corrected chi connectivity index (χ4v) is 2.08. The van der Waals surface area contributed by atoms with Gasteiger partial charge in [-0.25, -0.2) is 9.86 Å². The highest BCUT2D eigenvalue weighted by Gasteiger charge is 2.25. The molecule has 1 aromatic carbocycles. The second-order valence-corrected chi connectivity index (χ2v) is 5.88. The minimum atomic E-state index is -0.524. The maximum atomic E-state index is 12.3. The van der Waals surface area contributed by atoms with E-state index in [9.17, 15) is 4.79 Å². The Morgan fingerprint density at radius 3 is 2.67 bits per heavy atom. The van der Waals surface area contributed by atoms with Gasteiger partial charge in [-0.1, -0.05) is 37.1 Å². The first-order valence-corrected chi connectivity index (χ1v) is 7.77. The van der Waals surface area contributed by atoms with Gasteiger partial charge in [-0.15, -0.1) is 0 Å². The van der Waals surface area contributed by atoms with Crippen molar-refractivity contribution in [1.29, 1.82) is 0 Å². The summed E-state index contributed by atoms with van der Waals surface area (Å²) in [4.78, 5) is 17.8. The third kappa shape index (κ3) is 5.56. The third-order valence-corrected chi connectivity index (χ3v) is 3.46. The lowest BCUT2D eigenvalue weighted by molar-refractivity contribution is -0.116. The summed E-state index contributed by atoms with van der Waals surface area (Å²) in [6.07, 6.45) is 1.97. The molecular formula is C16H25ClN2O2. The van der Waals surface area contributed by atoms with Gasteiger partial charge in [0.2, 0.25) is 0 Å². The van der Waals surface area contributed by atoms with Gasteiger partial charge in [0.05, 0.1) is 12.1 Å². The SMILES string of the molecule is CCCCON(CC)C(=O)NC(C)(C)c1cccc(Cl)c1. The van der Waals surface area contributed by atoms with Crippen LogP contribution in [0, 0.1) is 0 Å². The first kappa shape index (κ1) is 17.8. The lowest BCUT2D eigenvalue weighted by Gasteiger charge is -2.30. The van der Waals surface area contributed by atoms with E-state index in [0.717, 1.165) is 18.4 Å². The van der Waals surface area contributed by atoms with Crippen molar-refractivity contribution in [1.82, 2.24) is 10.4 Å². The maximum Gasteiger partial charge on any atom is 0.341 e. The summed E-state index contributed by atoms with van der Waals surface area (Å²) in [5.74, 6) is 0. The number of rotatable bonds is 7. The van der Waals surface area contributed by atoms with Crippen LogP contribution in [0.15, 0.2) is 24.3 Å². The minimum absolute atomic E-state index is 0.237. The van der Waals surface area contributed by atoms with Crippen LogP contribution in [0.5, 0.6) is 0 Å². The van der Waals surface area contributed by atoms with E-state index < -0.39 is 5.54 Å². The van der Waals surface area contributed by atoms with Crippen LogP contribution >= 0.6 is 11.6 Å². The molecule has 4 nitrogen and oxygen atoms in total. The first-order valence-electron chi connectivity index (χ1n) is 7.39. The number of benzene rings is 1. The minimum Gasteiger partial charge on any atom is -0.327 e. The zero-order chi connectivity index (χ0) is 15.9. The lowest BCUT2D eigenvalue weighted by Crippen LogP contribution is -2.48. The van der Waals surface area contributed by atoms with E-state index in [2.05, 4.69) is 12.2 Å². The maximum absolute atomic E-state index is 12.3. The molecule has 5 heteroatoms. The van der Waals surface area contributed by atoms with Crippen molar-refractivity contribution in [3.05, 3.63) is 34.9 Å². The number of nitrogens with zero attached hydrogens (tertiary/aromatic N) is 1. The Morgan fingerprint density at radius 2 is 2.10 bits per heavy atom. The molecule has 118 valence electrons. The number of hydrogen-bond acceptors (Lipinski definition) is 2. The van der Waals surface area contributed by atoms with E-state index in [0.29, 0.717) is 18.2 Å². The second kappa shape index (κ2) is 8.25. The quantitative estimate of drug-likeness (QED) is 0.601. The monoisotopic (exact) mass is 312 g/mol. The fourth-order valence-electron chi connectivity index (χ4n) is 1.89. The molecule has 0 aliphatic carbocycles. The molecule has 0 saturated heterocycles. The number of urea groups is 1. The van der Waals surface area contributed by atoms with Crippen LogP contribution in [0.4, 0.5) is 4.79 Å². The van der Waals surface area contributed by atoms with Crippen molar-refractivity contribution in [3.8, 4) is 0 Å². The molecule has 0 radical (unpaired) electrons. The van der Waals surface area contributed by atoms with E-state index in [-0.39, 0.29) is 6.03 Å². The number of nitrogens with one attached hydrogen (secondary N) is 1. The van der Waals surface area contributed by atoms with Gasteiger partial charge in [0.15, 0.2) is 0 Å². The summed E-state index contributed by atoms with van der Waals surface area (Å²) >= 11 is 6.01. The van der Waals surface area contributed by atoms with Gasteiger partial charge in [0.1, 0.15) is 0 Å². The Labute approximate surface area is 132 Å². The van der Waals surface area contributed by atoms with Crippen LogP contribution in [0.25, 0.3) is 0 Å². The van der Waals surface area contributed by atoms with Gasteiger partial charge in [-0.2, -0.15) is 0 Å². The van der Waals surface area contributed by atoms with Crippen molar-refractivity contribution in [2.45, 2.75) is 46.1 Å². The van der Waals surface area contributed by atoms with Crippen LogP contribution in [0.2, 0.25) is 5.02 Å². The number of amides is 2. The first-order chi connectivity index (χ1) is 9.90. The van der Waals surface area contributed by atoms with Crippen LogP contribution in [0.1, 0.15) is 46.1 Å². The summed E-state index contributed by atoms with van der Waals surface area (Å²) in [5.41, 5.74) is 0.428. The molecular weight excluding hydrogens is 288 g/mol. The lowest BCUT2D eigenvalue weighted by atomic mass is 9.94. The number of hydroxylamine groups is 2. The zero-order valence-corrected chi connectivity index (χ0v) is 14.0.